The lowest BCUT2D eigenvalue weighted by molar-refractivity contribution is -0.113. The van der Waals surface area contributed by atoms with Crippen molar-refractivity contribution in [2.45, 2.75) is 77.7 Å². The molecule has 22 heavy (non-hydrogen) atoms. The molecule has 4 rings (SSSR count). The van der Waals surface area contributed by atoms with Gasteiger partial charge in [-0.1, -0.05) is 32.1 Å². The molecule has 0 aliphatic heterocycles. The molecule has 1 nitrogen and oxygen atoms in total. The summed E-state index contributed by atoms with van der Waals surface area (Å²) in [6, 6.07) is 0. The zero-order valence-electron chi connectivity index (χ0n) is 14.6. The van der Waals surface area contributed by atoms with E-state index in [2.05, 4.69) is 33.4 Å². The van der Waals surface area contributed by atoms with Gasteiger partial charge in [0.25, 0.3) is 0 Å². The molecule has 0 radical (unpaired) electrons. The highest BCUT2D eigenvalue weighted by atomic mass is 16.3. The second kappa shape index (κ2) is 4.50. The molecule has 0 spiro atoms. The predicted octanol–water partition coefficient (Wildman–Crippen LogP) is 5.26. The highest BCUT2D eigenvalue weighted by molar-refractivity contribution is 5.40. The topological polar surface area (TPSA) is 20.2 Å². The van der Waals surface area contributed by atoms with Crippen molar-refractivity contribution in [1.29, 1.82) is 0 Å². The molecule has 0 amide bonds. The third kappa shape index (κ3) is 1.70. The maximum absolute atomic E-state index is 11.0. The number of allylic oxidation sites excluding steroid dienone is 3. The summed E-state index contributed by atoms with van der Waals surface area (Å²) >= 11 is 0. The Bertz CT molecular complexity index is 542. The highest BCUT2D eigenvalue weighted by Gasteiger charge is 2.62. The van der Waals surface area contributed by atoms with Gasteiger partial charge in [-0.05, 0) is 92.4 Å². The molecule has 3 saturated carbocycles. The van der Waals surface area contributed by atoms with Crippen LogP contribution >= 0.6 is 0 Å². The number of aliphatic hydroxyl groups is 1. The van der Waals surface area contributed by atoms with Gasteiger partial charge in [0.05, 0.1) is 5.60 Å². The van der Waals surface area contributed by atoms with E-state index in [1.807, 2.05) is 0 Å². The van der Waals surface area contributed by atoms with Gasteiger partial charge in [0.15, 0.2) is 0 Å². The monoisotopic (exact) mass is 300 g/mol. The van der Waals surface area contributed by atoms with E-state index in [1.54, 1.807) is 5.57 Å². The average molecular weight is 300 g/mol. The minimum Gasteiger partial charge on any atom is -0.390 e. The number of hydrogen-bond acceptors (Lipinski definition) is 1. The van der Waals surface area contributed by atoms with Crippen molar-refractivity contribution in [2.24, 2.45) is 28.6 Å². The lowest BCUT2D eigenvalue weighted by Crippen LogP contribution is -2.54. The van der Waals surface area contributed by atoms with Crippen LogP contribution in [0.1, 0.15) is 72.1 Å². The molecule has 4 aliphatic rings. The second-order valence-electron chi connectivity index (χ2n) is 9.38. The minimum atomic E-state index is -0.465. The van der Waals surface area contributed by atoms with Crippen molar-refractivity contribution in [3.05, 3.63) is 23.8 Å². The van der Waals surface area contributed by atoms with Gasteiger partial charge in [0.1, 0.15) is 0 Å². The Hall–Kier alpha value is -0.560. The molecule has 6 atom stereocenters. The lowest BCUT2D eigenvalue weighted by atomic mass is 9.46. The largest absolute Gasteiger partial charge is 0.390 e. The van der Waals surface area contributed by atoms with E-state index >= 15 is 0 Å². The summed E-state index contributed by atoms with van der Waals surface area (Å²) in [4.78, 5) is 0. The SMILES string of the molecule is C=C1C[C@@H]2[C@@H](CC[C@@]3(C)[C@H]2CCC3(C)O)[C@@]2(C)CCCC=C12. The van der Waals surface area contributed by atoms with Crippen LogP contribution in [-0.4, -0.2) is 10.7 Å². The Balaban J connectivity index is 1.74. The van der Waals surface area contributed by atoms with Gasteiger partial charge in [0.2, 0.25) is 0 Å². The molecule has 0 bridgehead atoms. The molecular formula is C21H32O. The first kappa shape index (κ1) is 15.0. The quantitative estimate of drug-likeness (QED) is 0.647. The van der Waals surface area contributed by atoms with E-state index in [0.29, 0.717) is 11.3 Å². The van der Waals surface area contributed by atoms with Gasteiger partial charge in [0, 0.05) is 0 Å². The van der Waals surface area contributed by atoms with Gasteiger partial charge in [-0.15, -0.1) is 0 Å². The van der Waals surface area contributed by atoms with E-state index in [9.17, 15) is 5.11 Å². The molecule has 1 N–H and O–H groups in total. The number of rotatable bonds is 0. The van der Waals surface area contributed by atoms with E-state index in [1.165, 1.54) is 50.5 Å². The van der Waals surface area contributed by atoms with Crippen LogP contribution < -0.4 is 0 Å². The van der Waals surface area contributed by atoms with Crippen LogP contribution in [0.4, 0.5) is 0 Å². The Morgan fingerprint density at radius 2 is 1.82 bits per heavy atom. The maximum Gasteiger partial charge on any atom is 0.0675 e. The molecule has 4 aliphatic carbocycles. The normalized spacial score (nSPS) is 54.3. The lowest BCUT2D eigenvalue weighted by Gasteiger charge is -2.59. The predicted molar refractivity (Wildman–Crippen MR) is 91.5 cm³/mol. The van der Waals surface area contributed by atoms with Gasteiger partial charge in [-0.2, -0.15) is 0 Å². The van der Waals surface area contributed by atoms with Crippen LogP contribution in [0.15, 0.2) is 23.8 Å². The Kier molecular flexibility index (Phi) is 3.07. The van der Waals surface area contributed by atoms with E-state index < -0.39 is 5.60 Å². The van der Waals surface area contributed by atoms with Crippen LogP contribution in [-0.2, 0) is 0 Å². The zero-order valence-corrected chi connectivity index (χ0v) is 14.6. The summed E-state index contributed by atoms with van der Waals surface area (Å²) < 4.78 is 0. The molecule has 0 aromatic heterocycles. The first-order valence-electron chi connectivity index (χ1n) is 9.41. The molecule has 1 heteroatoms. The molecule has 122 valence electrons. The van der Waals surface area contributed by atoms with Crippen molar-refractivity contribution in [3.63, 3.8) is 0 Å². The van der Waals surface area contributed by atoms with Crippen molar-refractivity contribution < 1.29 is 5.11 Å². The van der Waals surface area contributed by atoms with Crippen LogP contribution in [0.25, 0.3) is 0 Å². The summed E-state index contributed by atoms with van der Waals surface area (Å²) in [5.41, 5.74) is 3.05. The first-order chi connectivity index (χ1) is 10.3. The summed E-state index contributed by atoms with van der Waals surface area (Å²) in [6.07, 6.45) is 12.3. The van der Waals surface area contributed by atoms with Crippen LogP contribution in [0, 0.1) is 28.6 Å². The van der Waals surface area contributed by atoms with Crippen LogP contribution in [0.2, 0.25) is 0 Å². The zero-order chi connectivity index (χ0) is 15.8. The fourth-order valence-corrected chi connectivity index (χ4v) is 7.02. The fourth-order valence-electron chi connectivity index (χ4n) is 7.02. The highest BCUT2D eigenvalue weighted by Crippen LogP contribution is 2.68. The van der Waals surface area contributed by atoms with Crippen molar-refractivity contribution in [2.75, 3.05) is 0 Å². The van der Waals surface area contributed by atoms with E-state index in [0.717, 1.165) is 18.3 Å². The molecule has 0 heterocycles. The Morgan fingerprint density at radius 3 is 2.59 bits per heavy atom. The molecular weight excluding hydrogens is 268 g/mol. The standard InChI is InChI=1S/C21H32O/c1-14-13-15-17(19(2)10-6-5-7-16(14)19)8-11-20(3)18(15)9-12-21(20,4)22/h7,15,17-18,22H,1,5-6,8-13H2,2-4H3/t15-,17-,18+,19+,20+,21?/m1/s1. The smallest absolute Gasteiger partial charge is 0.0675 e. The molecule has 1 unspecified atom stereocenters. The molecule has 0 aromatic rings. The minimum absolute atomic E-state index is 0.126. The maximum atomic E-state index is 11.0. The van der Waals surface area contributed by atoms with E-state index in [4.69, 9.17) is 0 Å². The Labute approximate surface area is 135 Å². The van der Waals surface area contributed by atoms with Gasteiger partial charge in [-0.25, -0.2) is 0 Å². The summed E-state index contributed by atoms with van der Waals surface area (Å²) in [5, 5.41) is 11.0. The summed E-state index contributed by atoms with van der Waals surface area (Å²) in [6.45, 7) is 11.5. The summed E-state index contributed by atoms with van der Waals surface area (Å²) in [5.74, 6) is 2.26. The molecule has 0 aromatic carbocycles. The number of fused-ring (bicyclic) bond motifs is 5. The molecule has 3 fully saturated rings. The second-order valence-corrected chi connectivity index (χ2v) is 9.38. The third-order valence-corrected chi connectivity index (χ3v) is 8.54. The Morgan fingerprint density at radius 1 is 1.09 bits per heavy atom. The average Bonchev–Trinajstić information content (AvgIpc) is 2.70. The third-order valence-electron chi connectivity index (χ3n) is 8.54. The molecule has 0 saturated heterocycles. The van der Waals surface area contributed by atoms with Crippen LogP contribution in [0.5, 0.6) is 0 Å². The summed E-state index contributed by atoms with van der Waals surface area (Å²) in [7, 11) is 0. The number of hydrogen-bond donors (Lipinski definition) is 1. The first-order valence-corrected chi connectivity index (χ1v) is 9.41. The van der Waals surface area contributed by atoms with Gasteiger partial charge >= 0.3 is 0 Å². The van der Waals surface area contributed by atoms with Crippen LogP contribution in [0.3, 0.4) is 0 Å². The fraction of sp³-hybridized carbons (Fsp3) is 0.810. The van der Waals surface area contributed by atoms with Crippen molar-refractivity contribution >= 4 is 0 Å². The van der Waals surface area contributed by atoms with Gasteiger partial charge < -0.3 is 5.11 Å². The van der Waals surface area contributed by atoms with Crippen molar-refractivity contribution in [3.8, 4) is 0 Å². The van der Waals surface area contributed by atoms with Crippen molar-refractivity contribution in [1.82, 2.24) is 0 Å². The van der Waals surface area contributed by atoms with E-state index in [-0.39, 0.29) is 5.41 Å². The van der Waals surface area contributed by atoms with Gasteiger partial charge in [-0.3, -0.25) is 0 Å².